The van der Waals surface area contributed by atoms with Gasteiger partial charge in [0.05, 0.1) is 69.9 Å². The summed E-state index contributed by atoms with van der Waals surface area (Å²) in [6.07, 6.45) is -3.24. The molecule has 2 bridgehead atoms. The lowest BCUT2D eigenvalue weighted by molar-refractivity contribution is -0.131. The molecule has 8 N–H and O–H groups in total. The second-order valence-electron chi connectivity index (χ2n) is 23.1. The average Bonchev–Trinajstić information content (AvgIpc) is 1.61. The highest BCUT2D eigenvalue weighted by atomic mass is 32.7. The summed E-state index contributed by atoms with van der Waals surface area (Å²) in [5.41, 5.74) is 4.22. The number of aromatic nitrogens is 7. The fourth-order valence-corrected chi connectivity index (χ4v) is 14.2. The smallest absolute Gasteiger partial charge is 0.387 e. The van der Waals surface area contributed by atoms with Crippen molar-refractivity contribution in [3.63, 3.8) is 0 Å². The third-order valence-electron chi connectivity index (χ3n) is 16.6. The molecule has 6 amide bonds. The van der Waals surface area contributed by atoms with Crippen molar-refractivity contribution in [2.75, 3.05) is 62.9 Å². The summed E-state index contributed by atoms with van der Waals surface area (Å²) in [5, 5.41) is 27.8. The van der Waals surface area contributed by atoms with Gasteiger partial charge < -0.3 is 65.6 Å². The number of carbonyl (C=O) groups is 6. The Labute approximate surface area is 556 Å². The molecular formula is C61H67FN14O18P2S. The van der Waals surface area contributed by atoms with Crippen molar-refractivity contribution < 1.29 is 84.6 Å². The summed E-state index contributed by atoms with van der Waals surface area (Å²) in [5.74, 6) is -3.17. The van der Waals surface area contributed by atoms with Crippen molar-refractivity contribution >= 4 is 108 Å². The first kappa shape index (κ1) is 68.3. The number of aliphatic hydroxyl groups is 1. The van der Waals surface area contributed by atoms with Crippen LogP contribution in [0.4, 0.5) is 15.9 Å². The van der Waals surface area contributed by atoms with E-state index >= 15 is 4.39 Å². The molecule has 7 aromatic rings. The zero-order valence-electron chi connectivity index (χ0n) is 51.5. The van der Waals surface area contributed by atoms with E-state index in [2.05, 4.69) is 64.1 Å². The monoisotopic (exact) mass is 1400 g/mol. The van der Waals surface area contributed by atoms with Gasteiger partial charge >= 0.3 is 14.6 Å². The highest BCUT2D eigenvalue weighted by molar-refractivity contribution is 8.44. The number of phosphoric ester groups is 1. The van der Waals surface area contributed by atoms with E-state index in [0.29, 0.717) is 47.6 Å². The van der Waals surface area contributed by atoms with Crippen LogP contribution in [0, 0.1) is 0 Å². The molecule has 9 heterocycles. The lowest BCUT2D eigenvalue weighted by Crippen LogP contribution is -2.52. The Bertz CT molecular complexity index is 4320. The topological polar surface area (TPSA) is 400 Å². The molecule has 32 nitrogen and oxygen atoms in total. The van der Waals surface area contributed by atoms with Crippen LogP contribution in [-0.4, -0.2) is 175 Å². The van der Waals surface area contributed by atoms with Crippen molar-refractivity contribution in [2.24, 2.45) is 0 Å². The summed E-state index contributed by atoms with van der Waals surface area (Å²) < 4.78 is 87.7. The number of carbonyl (C=O) groups excluding carboxylic acids is 6. The number of halogens is 1. The quantitative estimate of drug-likeness (QED) is 0.0229. The zero-order chi connectivity index (χ0) is 68.0. The number of nitrogens with one attached hydrogen (secondary N) is 6. The number of alkyl halides is 1. The van der Waals surface area contributed by atoms with Gasteiger partial charge in [0, 0.05) is 32.0 Å². The molecule has 0 spiro atoms. The molecule has 3 aromatic carbocycles. The minimum atomic E-state index is -5.25. The third kappa shape index (κ3) is 16.0. The molecule has 11 atom stereocenters. The molecular weight excluding hydrogens is 1330 g/mol. The Kier molecular flexibility index (Phi) is 21.1. The molecule has 3 fully saturated rings. The Morgan fingerprint density at radius 3 is 2.31 bits per heavy atom. The third-order valence-corrected chi connectivity index (χ3v) is 19.2. The van der Waals surface area contributed by atoms with Crippen LogP contribution in [0.3, 0.4) is 0 Å². The number of phosphoric acid groups is 1. The van der Waals surface area contributed by atoms with Gasteiger partial charge in [-0.25, -0.2) is 33.5 Å². The van der Waals surface area contributed by atoms with Crippen molar-refractivity contribution in [2.45, 2.75) is 100 Å². The number of anilines is 2. The number of rotatable bonds is 20. The van der Waals surface area contributed by atoms with E-state index in [-0.39, 0.29) is 56.2 Å². The summed E-state index contributed by atoms with van der Waals surface area (Å²) in [6, 6.07) is 22.7. The Hall–Kier alpha value is -8.63. The number of amides is 6. The second kappa shape index (κ2) is 30.0. The van der Waals surface area contributed by atoms with Crippen molar-refractivity contribution in [1.29, 1.82) is 0 Å². The first-order valence-electron chi connectivity index (χ1n) is 30.9. The Balaban J connectivity index is 0.593. The van der Waals surface area contributed by atoms with Crippen LogP contribution in [0.2, 0.25) is 0 Å². The van der Waals surface area contributed by atoms with Crippen molar-refractivity contribution in [3.8, 4) is 0 Å². The normalized spacial score (nSPS) is 25.2. The Morgan fingerprint density at radius 1 is 0.753 bits per heavy atom. The number of nitrogens with zero attached hydrogens (tertiary/aromatic N) is 8. The maximum absolute atomic E-state index is 16.7. The number of para-hydroxylation sites is 1. The molecule has 0 saturated carbocycles. The van der Waals surface area contributed by atoms with Crippen LogP contribution in [-0.2, 0) is 96.1 Å². The molecule has 2 unspecified atom stereocenters. The molecule has 5 aliphatic rings. The summed E-state index contributed by atoms with van der Waals surface area (Å²) in [6.45, 7) is -7.46. The molecule has 0 radical (unpaired) electrons. The van der Waals surface area contributed by atoms with Gasteiger partial charge in [0.25, 0.3) is 5.56 Å². The number of thiol groups is 1. The first-order chi connectivity index (χ1) is 46.8. The number of hydrogen-bond donors (Lipinski definition) is 9. The van der Waals surface area contributed by atoms with Crippen LogP contribution in [0.1, 0.15) is 59.5 Å². The van der Waals surface area contributed by atoms with Gasteiger partial charge in [0.1, 0.15) is 67.4 Å². The van der Waals surface area contributed by atoms with Gasteiger partial charge in [0.2, 0.25) is 35.4 Å². The van der Waals surface area contributed by atoms with Gasteiger partial charge in [0.15, 0.2) is 29.8 Å². The van der Waals surface area contributed by atoms with Crippen LogP contribution in [0.15, 0.2) is 109 Å². The molecule has 97 heavy (non-hydrogen) atoms. The average molecular weight is 1400 g/mol. The number of benzene rings is 3. The lowest BCUT2D eigenvalue weighted by Gasteiger charge is -2.27. The highest BCUT2D eigenvalue weighted by Gasteiger charge is 2.54. The van der Waals surface area contributed by atoms with E-state index in [1.807, 2.05) is 60.7 Å². The van der Waals surface area contributed by atoms with Crippen molar-refractivity contribution in [1.82, 2.24) is 60.2 Å². The predicted molar refractivity (Wildman–Crippen MR) is 345 cm³/mol. The standard InChI is InChI=1S/C61H67FN14O18P2S/c62-50-53-43(92-60(50)75-28-39-14-8-20-63-55-49(39)56(75)68-31-67-55)30-89-95(85,86)93-54-52(82)42(29-90-96(87,97)94-53)91-61(54)76-33-69-51-57(76)70-32-73(59(51)84)21-22-88-34-71-46(79)25-66-58(83)40(23-35-9-2-1-3-10-35)72-47(80)26-65-45(78)24-64-44(77)18-19-48(81)74-27-38-13-5-4-11-36(38)16-17-37-12-6-7-15-41(37)74/h1-7,9-13,15-17,28,31-33,40,42-43,50,52-54,60-61,82H,8,14,18-27,29-30,34H2,(H,64,77)(H,65,78)(H,66,83)(H,71,79)(H,72,80)(H,85,86)(H,87,97)(H,63,67,68)/b17-16-/t40-,42+,43+,50+,52+,53+,54+,60+,61+,96?/m0/s1. The molecule has 512 valence electrons. The van der Waals surface area contributed by atoms with Gasteiger partial charge in [-0.3, -0.25) is 60.8 Å². The number of imidazole rings is 1. The van der Waals surface area contributed by atoms with E-state index in [1.54, 1.807) is 41.4 Å². The molecule has 3 saturated heterocycles. The number of ether oxygens (including phenoxy) is 3. The van der Waals surface area contributed by atoms with E-state index in [9.17, 15) is 52.7 Å². The largest absolute Gasteiger partial charge is 0.472 e. The number of aliphatic hydroxyl groups excluding tert-OH is 1. The Morgan fingerprint density at radius 2 is 1.47 bits per heavy atom. The highest BCUT2D eigenvalue weighted by Crippen LogP contribution is 2.58. The predicted octanol–water partition coefficient (Wildman–Crippen LogP) is 2.51. The van der Waals surface area contributed by atoms with E-state index in [0.717, 1.165) is 50.5 Å². The van der Waals surface area contributed by atoms with E-state index < -0.39 is 138 Å². The van der Waals surface area contributed by atoms with Crippen LogP contribution in [0.25, 0.3) is 34.3 Å². The van der Waals surface area contributed by atoms with Crippen LogP contribution < -0.4 is 42.4 Å². The maximum Gasteiger partial charge on any atom is 0.472 e. The van der Waals surface area contributed by atoms with Gasteiger partial charge in [-0.05, 0) is 46.7 Å². The second-order valence-corrected chi connectivity index (χ2v) is 27.4. The molecule has 5 aliphatic heterocycles. The number of hydrogen-bond acceptors (Lipinski definition) is 22. The molecule has 0 aliphatic carbocycles. The van der Waals surface area contributed by atoms with E-state index in [1.165, 1.54) is 10.9 Å². The zero-order valence-corrected chi connectivity index (χ0v) is 54.2. The van der Waals surface area contributed by atoms with Gasteiger partial charge in [-0.15, -0.1) is 0 Å². The minimum absolute atomic E-state index is 0.00912. The first-order valence-corrected chi connectivity index (χ1v) is 35.0. The van der Waals surface area contributed by atoms with Gasteiger partial charge in [-0.2, -0.15) is 0 Å². The summed E-state index contributed by atoms with van der Waals surface area (Å²) in [7, 11) is -5.25. The van der Waals surface area contributed by atoms with Crippen molar-refractivity contribution in [3.05, 3.63) is 142 Å². The maximum atomic E-state index is 16.7. The fourth-order valence-electron chi connectivity index (χ4n) is 11.8. The van der Waals surface area contributed by atoms with Crippen LogP contribution >= 0.6 is 26.9 Å². The molecule has 36 heteroatoms. The number of fused-ring (bicyclic) bond motifs is 6. The summed E-state index contributed by atoms with van der Waals surface area (Å²) >= 11 is 4.10. The lowest BCUT2D eigenvalue weighted by atomic mass is 10.0. The fraction of sp³-hybridized carbons (Fsp3) is 0.393. The molecule has 12 rings (SSSR count). The van der Waals surface area contributed by atoms with Crippen LogP contribution in [0.5, 0.6) is 0 Å². The molecule has 4 aromatic heterocycles. The number of aryl methyl sites for hydroxylation is 1. The van der Waals surface area contributed by atoms with E-state index in [4.69, 9.17) is 32.3 Å². The summed E-state index contributed by atoms with van der Waals surface area (Å²) in [4.78, 5) is 122. The SMILES string of the molecule is O=C(CCC(=O)N1Cc2ccccc2/C=C\c2ccccc21)NCC(=O)NCC(=O)N[C@@H](Cc1ccccc1)C(=O)NCC(=O)NCOCCn1cnc2c(ncn2[C@@H]2O[C@@H]3COP(=O)(S)O[C@H]4[C@@H](F)[C@H](n5cc6c7c(ncnc75)NCCC6)O[C@@H]4COP(=O)(O)O[C@@H]2[C@@H]3O)c1=O. The van der Waals surface area contributed by atoms with Gasteiger partial charge in [-0.1, -0.05) is 97.2 Å². The minimum Gasteiger partial charge on any atom is -0.387 e.